The Morgan fingerprint density at radius 3 is 3.05 bits per heavy atom. The molecule has 0 atom stereocenters. The topological polar surface area (TPSA) is 45.3 Å². The number of carbonyl (C=O) groups is 1. The van der Waals surface area contributed by atoms with Crippen LogP contribution in [0, 0.1) is 0 Å². The van der Waals surface area contributed by atoms with E-state index in [9.17, 15) is 4.79 Å². The molecule has 1 aromatic heterocycles. The summed E-state index contributed by atoms with van der Waals surface area (Å²) in [5.41, 5.74) is 3.61. The van der Waals surface area contributed by atoms with Crippen molar-refractivity contribution < 1.29 is 9.53 Å². The van der Waals surface area contributed by atoms with Crippen molar-refractivity contribution in [3.8, 4) is 5.75 Å². The monoisotopic (exact) mass is 292 g/mol. The molecule has 0 fully saturated rings. The van der Waals surface area contributed by atoms with Gasteiger partial charge in [0.1, 0.15) is 5.75 Å². The van der Waals surface area contributed by atoms with E-state index in [1.807, 2.05) is 55.7 Å². The van der Waals surface area contributed by atoms with Gasteiger partial charge in [-0.15, -0.1) is 0 Å². The SMILES string of the molecule is CN(C(=O)c1cccc2cc[nH]c12)c1ccc2c(c1)CCO2. The Kier molecular flexibility index (Phi) is 2.89. The van der Waals surface area contributed by atoms with E-state index < -0.39 is 0 Å². The molecule has 0 unspecified atom stereocenters. The van der Waals surface area contributed by atoms with Crippen molar-refractivity contribution in [2.45, 2.75) is 6.42 Å². The Balaban J connectivity index is 1.72. The fraction of sp³-hybridized carbons (Fsp3) is 0.167. The molecule has 1 aliphatic rings. The van der Waals surface area contributed by atoms with Crippen LogP contribution in [-0.2, 0) is 6.42 Å². The summed E-state index contributed by atoms with van der Waals surface area (Å²) in [4.78, 5) is 17.7. The largest absolute Gasteiger partial charge is 0.493 e. The molecule has 0 radical (unpaired) electrons. The summed E-state index contributed by atoms with van der Waals surface area (Å²) in [5, 5.41) is 1.04. The fourth-order valence-electron chi connectivity index (χ4n) is 2.94. The standard InChI is InChI=1S/C18H16N2O2/c1-20(14-5-6-16-13(11-14)8-10-22-16)18(21)15-4-2-3-12-7-9-19-17(12)15/h2-7,9,11,19H,8,10H2,1H3. The van der Waals surface area contributed by atoms with Crippen LogP contribution in [0.5, 0.6) is 5.75 Å². The zero-order valence-corrected chi connectivity index (χ0v) is 12.3. The molecule has 110 valence electrons. The molecule has 0 saturated heterocycles. The summed E-state index contributed by atoms with van der Waals surface area (Å²) in [6.45, 7) is 0.720. The van der Waals surface area contributed by atoms with Crippen molar-refractivity contribution in [3.05, 3.63) is 59.8 Å². The number of anilines is 1. The Morgan fingerprint density at radius 2 is 2.14 bits per heavy atom. The lowest BCUT2D eigenvalue weighted by Gasteiger charge is -2.18. The van der Waals surface area contributed by atoms with Crippen LogP contribution in [0.15, 0.2) is 48.7 Å². The summed E-state index contributed by atoms with van der Waals surface area (Å²) in [7, 11) is 1.81. The molecule has 0 saturated carbocycles. The third-order valence-electron chi connectivity index (χ3n) is 4.18. The number of nitrogens with one attached hydrogen (secondary N) is 1. The number of H-pyrrole nitrogens is 1. The third kappa shape index (κ3) is 1.96. The molecule has 0 aliphatic carbocycles. The fourth-order valence-corrected chi connectivity index (χ4v) is 2.94. The van der Waals surface area contributed by atoms with E-state index in [0.717, 1.165) is 40.9 Å². The molecule has 4 rings (SSSR count). The van der Waals surface area contributed by atoms with E-state index in [1.165, 1.54) is 0 Å². The molecule has 22 heavy (non-hydrogen) atoms. The lowest BCUT2D eigenvalue weighted by atomic mass is 10.1. The van der Waals surface area contributed by atoms with Gasteiger partial charge in [0.15, 0.2) is 0 Å². The summed E-state index contributed by atoms with van der Waals surface area (Å²) < 4.78 is 5.52. The quantitative estimate of drug-likeness (QED) is 0.787. The van der Waals surface area contributed by atoms with Crippen molar-refractivity contribution >= 4 is 22.5 Å². The maximum atomic E-state index is 12.8. The Morgan fingerprint density at radius 1 is 1.23 bits per heavy atom. The first-order valence-electron chi connectivity index (χ1n) is 7.34. The van der Waals surface area contributed by atoms with Crippen LogP contribution >= 0.6 is 0 Å². The zero-order valence-electron chi connectivity index (χ0n) is 12.3. The van der Waals surface area contributed by atoms with E-state index in [4.69, 9.17) is 4.74 Å². The van der Waals surface area contributed by atoms with Crippen molar-refractivity contribution in [2.24, 2.45) is 0 Å². The molecular weight excluding hydrogens is 276 g/mol. The van der Waals surface area contributed by atoms with Gasteiger partial charge in [0.05, 0.1) is 17.7 Å². The normalized spacial score (nSPS) is 13.0. The van der Waals surface area contributed by atoms with E-state index in [-0.39, 0.29) is 5.91 Å². The number of hydrogen-bond donors (Lipinski definition) is 1. The number of carbonyl (C=O) groups excluding carboxylic acids is 1. The van der Waals surface area contributed by atoms with Crippen molar-refractivity contribution in [2.75, 3.05) is 18.6 Å². The van der Waals surface area contributed by atoms with Crippen LogP contribution < -0.4 is 9.64 Å². The summed E-state index contributed by atoms with van der Waals surface area (Å²) >= 11 is 0. The number of para-hydroxylation sites is 1. The number of fused-ring (bicyclic) bond motifs is 2. The second-order valence-corrected chi connectivity index (χ2v) is 5.50. The van der Waals surface area contributed by atoms with E-state index in [1.54, 1.807) is 4.90 Å². The van der Waals surface area contributed by atoms with Crippen LogP contribution in [0.25, 0.3) is 10.9 Å². The van der Waals surface area contributed by atoms with Crippen molar-refractivity contribution in [1.29, 1.82) is 0 Å². The molecule has 1 aliphatic heterocycles. The molecule has 1 amide bonds. The number of hydrogen-bond acceptors (Lipinski definition) is 2. The van der Waals surface area contributed by atoms with E-state index >= 15 is 0 Å². The molecule has 4 nitrogen and oxygen atoms in total. The van der Waals surface area contributed by atoms with Crippen LogP contribution in [-0.4, -0.2) is 24.5 Å². The third-order valence-corrected chi connectivity index (χ3v) is 4.18. The Bertz CT molecular complexity index is 866. The molecule has 0 spiro atoms. The van der Waals surface area contributed by atoms with Gasteiger partial charge in [0.25, 0.3) is 5.91 Å². The van der Waals surface area contributed by atoms with E-state index in [2.05, 4.69) is 4.98 Å². The van der Waals surface area contributed by atoms with Gasteiger partial charge in [0, 0.05) is 30.7 Å². The van der Waals surface area contributed by atoms with Gasteiger partial charge in [-0.05, 0) is 35.9 Å². The number of rotatable bonds is 2. The lowest BCUT2D eigenvalue weighted by molar-refractivity contribution is 0.0994. The Hall–Kier alpha value is -2.75. The number of aromatic nitrogens is 1. The lowest BCUT2D eigenvalue weighted by Crippen LogP contribution is -2.26. The molecule has 3 aromatic rings. The van der Waals surface area contributed by atoms with Crippen molar-refractivity contribution in [1.82, 2.24) is 4.98 Å². The number of amides is 1. The maximum Gasteiger partial charge on any atom is 0.260 e. The van der Waals surface area contributed by atoms with Crippen LogP contribution in [0.4, 0.5) is 5.69 Å². The highest BCUT2D eigenvalue weighted by atomic mass is 16.5. The second-order valence-electron chi connectivity index (χ2n) is 5.50. The van der Waals surface area contributed by atoms with Gasteiger partial charge in [0.2, 0.25) is 0 Å². The number of ether oxygens (including phenoxy) is 1. The van der Waals surface area contributed by atoms with Gasteiger partial charge in [-0.25, -0.2) is 0 Å². The smallest absolute Gasteiger partial charge is 0.260 e. The number of nitrogens with zero attached hydrogens (tertiary/aromatic N) is 1. The molecular formula is C18H16N2O2. The average molecular weight is 292 g/mol. The van der Waals surface area contributed by atoms with Gasteiger partial charge >= 0.3 is 0 Å². The summed E-state index contributed by atoms with van der Waals surface area (Å²) in [6.07, 6.45) is 2.76. The molecule has 0 bridgehead atoms. The second kappa shape index (κ2) is 4.91. The minimum Gasteiger partial charge on any atom is -0.493 e. The maximum absolute atomic E-state index is 12.8. The van der Waals surface area contributed by atoms with E-state index in [0.29, 0.717) is 5.56 Å². The first-order valence-corrected chi connectivity index (χ1v) is 7.34. The molecule has 1 N–H and O–H groups in total. The highest BCUT2D eigenvalue weighted by Gasteiger charge is 2.19. The first kappa shape index (κ1) is 13.0. The summed E-state index contributed by atoms with van der Waals surface area (Å²) in [6, 6.07) is 13.6. The average Bonchev–Trinajstić information content (AvgIpc) is 3.20. The van der Waals surface area contributed by atoms with Gasteiger partial charge < -0.3 is 14.6 Å². The van der Waals surface area contributed by atoms with Gasteiger partial charge in [-0.1, -0.05) is 12.1 Å². The van der Waals surface area contributed by atoms with Crippen molar-refractivity contribution in [3.63, 3.8) is 0 Å². The minimum absolute atomic E-state index is 0.0214. The summed E-state index contributed by atoms with van der Waals surface area (Å²) in [5.74, 6) is 0.906. The molecule has 2 heterocycles. The van der Waals surface area contributed by atoms with Gasteiger partial charge in [-0.2, -0.15) is 0 Å². The first-order chi connectivity index (χ1) is 10.7. The zero-order chi connectivity index (χ0) is 15.1. The molecule has 4 heteroatoms. The number of benzene rings is 2. The van der Waals surface area contributed by atoms with Crippen LogP contribution in [0.2, 0.25) is 0 Å². The van der Waals surface area contributed by atoms with Gasteiger partial charge in [-0.3, -0.25) is 4.79 Å². The molecule has 2 aromatic carbocycles. The minimum atomic E-state index is -0.0214. The predicted molar refractivity (Wildman–Crippen MR) is 86.7 cm³/mol. The Labute approximate surface area is 128 Å². The highest BCUT2D eigenvalue weighted by Crippen LogP contribution is 2.30. The van der Waals surface area contributed by atoms with Crippen LogP contribution in [0.3, 0.4) is 0 Å². The number of aromatic amines is 1. The highest BCUT2D eigenvalue weighted by molar-refractivity contribution is 6.13. The van der Waals surface area contributed by atoms with Crippen LogP contribution in [0.1, 0.15) is 15.9 Å². The predicted octanol–water partition coefficient (Wildman–Crippen LogP) is 3.38.